The summed E-state index contributed by atoms with van der Waals surface area (Å²) in [4.78, 5) is 17.6. The quantitative estimate of drug-likeness (QED) is 0.809. The predicted molar refractivity (Wildman–Crippen MR) is 102 cm³/mol. The molecular formula is C21H25N3O4. The van der Waals surface area contributed by atoms with Crippen molar-refractivity contribution < 1.29 is 18.8 Å². The Labute approximate surface area is 164 Å². The summed E-state index contributed by atoms with van der Waals surface area (Å²) in [5.74, 6) is 2.58. The maximum absolute atomic E-state index is 13.2. The summed E-state index contributed by atoms with van der Waals surface area (Å²) < 4.78 is 16.5. The average molecular weight is 383 g/mol. The van der Waals surface area contributed by atoms with Crippen LogP contribution in [0.15, 0.2) is 22.7 Å². The maximum atomic E-state index is 13.2. The normalized spacial score (nSPS) is 19.7. The van der Waals surface area contributed by atoms with E-state index in [1.54, 1.807) is 0 Å². The van der Waals surface area contributed by atoms with E-state index >= 15 is 0 Å². The van der Waals surface area contributed by atoms with Crippen molar-refractivity contribution in [2.24, 2.45) is 0 Å². The molecule has 7 heteroatoms. The van der Waals surface area contributed by atoms with Crippen molar-refractivity contribution in [2.45, 2.75) is 45.2 Å². The molecule has 0 unspecified atom stereocenters. The van der Waals surface area contributed by atoms with Crippen molar-refractivity contribution >= 4 is 5.91 Å². The largest absolute Gasteiger partial charge is 0.454 e. The van der Waals surface area contributed by atoms with Crippen LogP contribution in [0.2, 0.25) is 0 Å². The van der Waals surface area contributed by atoms with Crippen LogP contribution in [0.3, 0.4) is 0 Å². The van der Waals surface area contributed by atoms with Gasteiger partial charge in [0.05, 0.1) is 12.6 Å². The summed E-state index contributed by atoms with van der Waals surface area (Å²) in [5.41, 5.74) is 2.73. The topological polar surface area (TPSA) is 68.0 Å². The number of hydrogen-bond acceptors (Lipinski definition) is 6. The minimum absolute atomic E-state index is 0.0158. The molecule has 4 heterocycles. The van der Waals surface area contributed by atoms with E-state index in [1.807, 2.05) is 23.1 Å². The van der Waals surface area contributed by atoms with E-state index in [0.717, 1.165) is 53.6 Å². The molecular weight excluding hydrogens is 358 g/mol. The van der Waals surface area contributed by atoms with Gasteiger partial charge in [-0.25, -0.2) is 0 Å². The zero-order valence-corrected chi connectivity index (χ0v) is 16.1. The van der Waals surface area contributed by atoms with Gasteiger partial charge in [-0.2, -0.15) is 0 Å². The summed E-state index contributed by atoms with van der Waals surface area (Å²) in [5, 5.41) is 4.31. The monoisotopic (exact) mass is 383 g/mol. The second kappa shape index (κ2) is 7.13. The second-order valence-electron chi connectivity index (χ2n) is 7.68. The number of ether oxygens (including phenoxy) is 2. The van der Waals surface area contributed by atoms with Gasteiger partial charge in [0, 0.05) is 24.1 Å². The summed E-state index contributed by atoms with van der Waals surface area (Å²) in [6.45, 7) is 5.64. The van der Waals surface area contributed by atoms with Crippen LogP contribution < -0.4 is 9.47 Å². The highest BCUT2D eigenvalue weighted by atomic mass is 16.7. The molecule has 3 aliphatic heterocycles. The van der Waals surface area contributed by atoms with Crippen molar-refractivity contribution in [1.82, 2.24) is 15.0 Å². The van der Waals surface area contributed by atoms with E-state index in [4.69, 9.17) is 14.0 Å². The Balaban J connectivity index is 1.39. The van der Waals surface area contributed by atoms with Crippen LogP contribution >= 0.6 is 0 Å². The molecule has 5 rings (SSSR count). The van der Waals surface area contributed by atoms with Gasteiger partial charge in [0.2, 0.25) is 12.7 Å². The molecule has 1 aromatic carbocycles. The smallest absolute Gasteiger partial charge is 0.240 e. The summed E-state index contributed by atoms with van der Waals surface area (Å²) >= 11 is 0. The Morgan fingerprint density at radius 2 is 2.00 bits per heavy atom. The van der Waals surface area contributed by atoms with Gasteiger partial charge in [0.25, 0.3) is 0 Å². The van der Waals surface area contributed by atoms with Crippen LogP contribution in [-0.2, 0) is 17.8 Å². The number of aromatic nitrogens is 1. The van der Waals surface area contributed by atoms with Crippen LogP contribution in [0.4, 0.5) is 0 Å². The van der Waals surface area contributed by atoms with Crippen molar-refractivity contribution in [3.8, 4) is 22.8 Å². The van der Waals surface area contributed by atoms with Crippen LogP contribution in [0, 0.1) is 0 Å². The highest BCUT2D eigenvalue weighted by Gasteiger charge is 2.34. The van der Waals surface area contributed by atoms with Gasteiger partial charge in [0.15, 0.2) is 11.5 Å². The fourth-order valence-electron chi connectivity index (χ4n) is 4.52. The zero-order chi connectivity index (χ0) is 19.1. The molecule has 1 atom stereocenters. The molecule has 1 aromatic heterocycles. The lowest BCUT2D eigenvalue weighted by Gasteiger charge is -2.33. The molecule has 0 N–H and O–H groups in total. The van der Waals surface area contributed by atoms with E-state index < -0.39 is 0 Å². The van der Waals surface area contributed by atoms with Gasteiger partial charge in [-0.3, -0.25) is 9.69 Å². The summed E-state index contributed by atoms with van der Waals surface area (Å²) in [6, 6.07) is 5.77. The standard InChI is InChI=1S/C21H25N3O4/c1-2-16(23-8-3-4-9-23)21(25)24-10-7-17-15(12-24)20(22-28-17)14-5-6-18-19(11-14)27-13-26-18/h5-6,11,16H,2-4,7-10,12-13H2,1H3/t16-/m0/s1. The predicted octanol–water partition coefficient (Wildman–Crippen LogP) is 2.83. The second-order valence-corrected chi connectivity index (χ2v) is 7.68. The van der Waals surface area contributed by atoms with Crippen LogP contribution in [0.25, 0.3) is 11.3 Å². The first-order valence-corrected chi connectivity index (χ1v) is 10.1. The lowest BCUT2D eigenvalue weighted by atomic mass is 10.00. The molecule has 28 heavy (non-hydrogen) atoms. The number of fused-ring (bicyclic) bond motifs is 2. The van der Waals surface area contributed by atoms with E-state index in [0.29, 0.717) is 19.5 Å². The van der Waals surface area contributed by atoms with E-state index in [9.17, 15) is 4.79 Å². The van der Waals surface area contributed by atoms with Crippen molar-refractivity contribution in [2.75, 3.05) is 26.4 Å². The minimum atomic E-state index is -0.0158. The molecule has 2 aromatic rings. The molecule has 0 saturated carbocycles. The third kappa shape index (κ3) is 2.94. The number of likely N-dealkylation sites (tertiary alicyclic amines) is 1. The van der Waals surface area contributed by atoms with Gasteiger partial charge >= 0.3 is 0 Å². The number of carbonyl (C=O) groups excluding carboxylic acids is 1. The summed E-state index contributed by atoms with van der Waals surface area (Å²) in [7, 11) is 0. The van der Waals surface area contributed by atoms with E-state index in [1.165, 1.54) is 12.8 Å². The number of rotatable bonds is 4. The molecule has 1 saturated heterocycles. The van der Waals surface area contributed by atoms with Crippen molar-refractivity contribution in [1.29, 1.82) is 0 Å². The van der Waals surface area contributed by atoms with Crippen molar-refractivity contribution in [3.63, 3.8) is 0 Å². The first-order valence-electron chi connectivity index (χ1n) is 10.1. The van der Waals surface area contributed by atoms with Crippen molar-refractivity contribution in [3.05, 3.63) is 29.5 Å². The zero-order valence-electron chi connectivity index (χ0n) is 16.1. The van der Waals surface area contributed by atoms with Gasteiger partial charge in [-0.1, -0.05) is 12.1 Å². The highest BCUT2D eigenvalue weighted by molar-refractivity contribution is 5.82. The molecule has 7 nitrogen and oxygen atoms in total. The van der Waals surface area contributed by atoms with Gasteiger partial charge < -0.3 is 18.9 Å². The lowest BCUT2D eigenvalue weighted by Crippen LogP contribution is -2.48. The number of carbonyl (C=O) groups is 1. The molecule has 0 spiro atoms. The Bertz CT molecular complexity index is 888. The van der Waals surface area contributed by atoms with E-state index in [-0.39, 0.29) is 18.7 Å². The SMILES string of the molecule is CC[C@@H](C(=O)N1CCc2onc(-c3ccc4c(c3)OCO4)c2C1)N1CCCC1. The number of amides is 1. The van der Waals surface area contributed by atoms with Gasteiger partial charge in [0.1, 0.15) is 11.5 Å². The van der Waals surface area contributed by atoms with Gasteiger partial charge in [-0.05, 0) is 50.6 Å². The van der Waals surface area contributed by atoms with Crippen LogP contribution in [-0.4, -0.2) is 53.3 Å². The average Bonchev–Trinajstić information content (AvgIpc) is 3.47. The number of nitrogens with zero attached hydrogens (tertiary/aromatic N) is 3. The molecule has 0 aliphatic carbocycles. The Morgan fingerprint density at radius 3 is 2.82 bits per heavy atom. The Hall–Kier alpha value is -2.54. The Kier molecular flexibility index (Phi) is 4.47. The molecule has 0 radical (unpaired) electrons. The maximum Gasteiger partial charge on any atom is 0.240 e. The molecule has 3 aliphatic rings. The third-order valence-electron chi connectivity index (χ3n) is 6.04. The minimum Gasteiger partial charge on any atom is -0.454 e. The number of hydrogen-bond donors (Lipinski definition) is 0. The molecule has 0 bridgehead atoms. The third-order valence-corrected chi connectivity index (χ3v) is 6.04. The molecule has 1 amide bonds. The van der Waals surface area contributed by atoms with Crippen LogP contribution in [0.1, 0.15) is 37.5 Å². The van der Waals surface area contributed by atoms with E-state index in [2.05, 4.69) is 17.0 Å². The summed E-state index contributed by atoms with van der Waals surface area (Å²) in [6.07, 6.45) is 3.93. The van der Waals surface area contributed by atoms with Crippen LogP contribution in [0.5, 0.6) is 11.5 Å². The number of benzene rings is 1. The first kappa shape index (κ1) is 17.6. The molecule has 148 valence electrons. The lowest BCUT2D eigenvalue weighted by molar-refractivity contribution is -0.137. The molecule has 1 fully saturated rings. The fraction of sp³-hybridized carbons (Fsp3) is 0.524. The first-order chi connectivity index (χ1) is 13.7. The Morgan fingerprint density at radius 1 is 1.18 bits per heavy atom. The highest BCUT2D eigenvalue weighted by Crippen LogP contribution is 2.38. The fourth-order valence-corrected chi connectivity index (χ4v) is 4.52. The van der Waals surface area contributed by atoms with Gasteiger partial charge in [-0.15, -0.1) is 0 Å².